The molecule has 7 heteroatoms. The first-order chi connectivity index (χ1) is 9.72. The van der Waals surface area contributed by atoms with E-state index < -0.39 is 0 Å². The number of nitrogens with zero attached hydrogens (tertiary/aromatic N) is 2. The standard InChI is InChI=1S/C13H16BrN3S3/c1-3-6-15-8-9-4-5-10(7-11(9)14)19-13-17-16-12(18-2)20-13/h4-5,7,15H,3,6,8H2,1-2H3. The normalized spacial score (nSPS) is 10.9. The highest BCUT2D eigenvalue weighted by Crippen LogP contribution is 2.34. The monoisotopic (exact) mass is 389 g/mol. The van der Waals surface area contributed by atoms with E-state index in [-0.39, 0.29) is 0 Å². The second kappa shape index (κ2) is 8.38. The molecule has 0 radical (unpaired) electrons. The van der Waals surface area contributed by atoms with Crippen LogP contribution in [0.4, 0.5) is 0 Å². The molecule has 0 saturated carbocycles. The predicted octanol–water partition coefficient (Wildman–Crippen LogP) is 4.67. The molecule has 1 aromatic carbocycles. The van der Waals surface area contributed by atoms with E-state index in [2.05, 4.69) is 56.6 Å². The van der Waals surface area contributed by atoms with Crippen molar-refractivity contribution >= 4 is 50.8 Å². The molecule has 0 bridgehead atoms. The van der Waals surface area contributed by atoms with Gasteiger partial charge in [-0.3, -0.25) is 0 Å². The molecule has 0 aliphatic rings. The molecule has 1 aromatic heterocycles. The third-order valence-corrected chi connectivity index (χ3v) is 6.21. The number of hydrogen-bond acceptors (Lipinski definition) is 6. The van der Waals surface area contributed by atoms with Crippen LogP contribution in [0.5, 0.6) is 0 Å². The van der Waals surface area contributed by atoms with Crippen molar-refractivity contribution in [2.75, 3.05) is 12.8 Å². The summed E-state index contributed by atoms with van der Waals surface area (Å²) in [5, 5.41) is 11.7. The van der Waals surface area contributed by atoms with Crippen LogP contribution < -0.4 is 5.32 Å². The molecule has 108 valence electrons. The summed E-state index contributed by atoms with van der Waals surface area (Å²) in [5.74, 6) is 0. The van der Waals surface area contributed by atoms with E-state index in [1.54, 1.807) is 34.9 Å². The molecule has 0 spiro atoms. The van der Waals surface area contributed by atoms with E-state index in [0.717, 1.165) is 32.7 Å². The fourth-order valence-electron chi connectivity index (χ4n) is 1.56. The van der Waals surface area contributed by atoms with Crippen molar-refractivity contribution in [1.29, 1.82) is 0 Å². The maximum Gasteiger partial charge on any atom is 0.179 e. The molecular formula is C13H16BrN3S3. The van der Waals surface area contributed by atoms with Gasteiger partial charge in [-0.05, 0) is 36.9 Å². The SMILES string of the molecule is CCCNCc1ccc(Sc2nnc(SC)s2)cc1Br. The highest BCUT2D eigenvalue weighted by atomic mass is 79.9. The number of rotatable bonds is 7. The van der Waals surface area contributed by atoms with Crippen LogP contribution in [-0.4, -0.2) is 23.0 Å². The Labute approximate surface area is 140 Å². The number of nitrogens with one attached hydrogen (secondary N) is 1. The smallest absolute Gasteiger partial charge is 0.179 e. The number of halogens is 1. The molecule has 0 aliphatic heterocycles. The van der Waals surface area contributed by atoms with Gasteiger partial charge in [0.05, 0.1) is 0 Å². The van der Waals surface area contributed by atoms with E-state index in [0.29, 0.717) is 0 Å². The van der Waals surface area contributed by atoms with Crippen LogP contribution in [-0.2, 0) is 6.54 Å². The fraction of sp³-hybridized carbons (Fsp3) is 0.385. The lowest BCUT2D eigenvalue weighted by molar-refractivity contribution is 0.673. The Balaban J connectivity index is 2.01. The van der Waals surface area contributed by atoms with Crippen LogP contribution >= 0.6 is 50.8 Å². The molecule has 2 aromatic rings. The van der Waals surface area contributed by atoms with E-state index in [1.165, 1.54) is 10.5 Å². The predicted molar refractivity (Wildman–Crippen MR) is 92.0 cm³/mol. The zero-order valence-corrected chi connectivity index (χ0v) is 15.4. The molecule has 0 saturated heterocycles. The summed E-state index contributed by atoms with van der Waals surface area (Å²) in [6.07, 6.45) is 3.17. The number of thioether (sulfide) groups is 1. The van der Waals surface area contributed by atoms with Crippen LogP contribution in [0.3, 0.4) is 0 Å². The van der Waals surface area contributed by atoms with Crippen LogP contribution in [0.2, 0.25) is 0 Å². The van der Waals surface area contributed by atoms with Gasteiger partial charge in [0.15, 0.2) is 8.68 Å². The van der Waals surface area contributed by atoms with Gasteiger partial charge >= 0.3 is 0 Å². The molecule has 0 unspecified atom stereocenters. The van der Waals surface area contributed by atoms with E-state index in [9.17, 15) is 0 Å². The lowest BCUT2D eigenvalue weighted by Crippen LogP contribution is -2.14. The number of benzene rings is 1. The van der Waals surface area contributed by atoms with Crippen molar-refractivity contribution in [1.82, 2.24) is 15.5 Å². The Morgan fingerprint density at radius 2 is 2.10 bits per heavy atom. The number of aromatic nitrogens is 2. The first-order valence-corrected chi connectivity index (χ1v) is 9.92. The molecule has 1 N–H and O–H groups in total. The second-order valence-corrected chi connectivity index (χ2v) is 8.28. The lowest BCUT2D eigenvalue weighted by atomic mass is 10.2. The van der Waals surface area contributed by atoms with Gasteiger partial charge in [-0.25, -0.2) is 0 Å². The van der Waals surface area contributed by atoms with Crippen molar-refractivity contribution in [3.05, 3.63) is 28.2 Å². The quantitative estimate of drug-likeness (QED) is 0.549. The van der Waals surface area contributed by atoms with Gasteiger partial charge < -0.3 is 5.32 Å². The van der Waals surface area contributed by atoms with Gasteiger partial charge in [0.2, 0.25) is 0 Å². The van der Waals surface area contributed by atoms with Crippen LogP contribution in [0.25, 0.3) is 0 Å². The van der Waals surface area contributed by atoms with Crippen molar-refractivity contribution in [3.63, 3.8) is 0 Å². The first kappa shape index (κ1) is 16.3. The van der Waals surface area contributed by atoms with Gasteiger partial charge in [0.25, 0.3) is 0 Å². The molecule has 0 aliphatic carbocycles. The van der Waals surface area contributed by atoms with E-state index in [4.69, 9.17) is 0 Å². The molecule has 20 heavy (non-hydrogen) atoms. The third-order valence-electron chi connectivity index (χ3n) is 2.53. The highest BCUT2D eigenvalue weighted by Gasteiger charge is 2.07. The van der Waals surface area contributed by atoms with Gasteiger partial charge in [-0.2, -0.15) is 0 Å². The highest BCUT2D eigenvalue weighted by molar-refractivity contribution is 9.10. The Morgan fingerprint density at radius 3 is 2.75 bits per heavy atom. The summed E-state index contributed by atoms with van der Waals surface area (Å²) in [7, 11) is 0. The maximum absolute atomic E-state index is 4.18. The average molecular weight is 390 g/mol. The minimum Gasteiger partial charge on any atom is -0.313 e. The molecular weight excluding hydrogens is 374 g/mol. The van der Waals surface area contributed by atoms with Gasteiger partial charge in [-0.15, -0.1) is 10.2 Å². The molecule has 0 amide bonds. The Kier molecular flexibility index (Phi) is 6.83. The van der Waals surface area contributed by atoms with Gasteiger partial charge in [0.1, 0.15) is 0 Å². The molecule has 1 heterocycles. The van der Waals surface area contributed by atoms with Gasteiger partial charge in [0, 0.05) is 15.9 Å². The Morgan fingerprint density at radius 1 is 1.30 bits per heavy atom. The van der Waals surface area contributed by atoms with Crippen LogP contribution in [0, 0.1) is 0 Å². The lowest BCUT2D eigenvalue weighted by Gasteiger charge is -2.07. The largest absolute Gasteiger partial charge is 0.313 e. The van der Waals surface area contributed by atoms with Crippen molar-refractivity contribution in [2.24, 2.45) is 0 Å². The summed E-state index contributed by atoms with van der Waals surface area (Å²) in [6.45, 7) is 4.12. The van der Waals surface area contributed by atoms with Crippen molar-refractivity contribution < 1.29 is 0 Å². The maximum atomic E-state index is 4.18. The molecule has 0 fully saturated rings. The fourth-order valence-corrected chi connectivity index (χ4v) is 4.68. The second-order valence-electron chi connectivity index (χ2n) is 4.07. The summed E-state index contributed by atoms with van der Waals surface area (Å²) in [4.78, 5) is 1.18. The minimum absolute atomic E-state index is 0.898. The van der Waals surface area contributed by atoms with E-state index >= 15 is 0 Å². The van der Waals surface area contributed by atoms with E-state index in [1.807, 2.05) is 6.26 Å². The topological polar surface area (TPSA) is 37.8 Å². The Hall–Kier alpha value is -0.0800. The summed E-state index contributed by atoms with van der Waals surface area (Å²) < 4.78 is 3.13. The Bertz CT molecular complexity index is 560. The van der Waals surface area contributed by atoms with Gasteiger partial charge in [-0.1, -0.05) is 63.8 Å². The number of hydrogen-bond donors (Lipinski definition) is 1. The zero-order valence-electron chi connectivity index (χ0n) is 11.4. The molecule has 0 atom stereocenters. The first-order valence-electron chi connectivity index (χ1n) is 6.27. The summed E-state index contributed by atoms with van der Waals surface area (Å²) in [5.41, 5.74) is 1.28. The van der Waals surface area contributed by atoms with Crippen molar-refractivity contribution in [3.8, 4) is 0 Å². The third kappa shape index (κ3) is 4.73. The average Bonchev–Trinajstić information content (AvgIpc) is 2.89. The van der Waals surface area contributed by atoms with Crippen molar-refractivity contribution in [2.45, 2.75) is 33.5 Å². The van der Waals surface area contributed by atoms with Crippen LogP contribution in [0.1, 0.15) is 18.9 Å². The van der Waals surface area contributed by atoms with Crippen LogP contribution in [0.15, 0.2) is 36.2 Å². The summed E-state index contributed by atoms with van der Waals surface area (Å²) in [6, 6.07) is 6.44. The molecule has 2 rings (SSSR count). The minimum atomic E-state index is 0.898. The summed E-state index contributed by atoms with van der Waals surface area (Å²) >= 11 is 8.56. The zero-order chi connectivity index (χ0) is 14.4. The molecule has 3 nitrogen and oxygen atoms in total.